The van der Waals surface area contributed by atoms with Gasteiger partial charge in [-0.05, 0) is 53.3 Å². The van der Waals surface area contributed by atoms with Gasteiger partial charge in [-0.15, -0.1) is 0 Å². The lowest BCUT2D eigenvalue weighted by atomic mass is 9.98. The van der Waals surface area contributed by atoms with Crippen molar-refractivity contribution in [3.8, 4) is 11.1 Å². The Bertz CT molecular complexity index is 1220. The smallest absolute Gasteiger partial charge is 0.411 e. The van der Waals surface area contributed by atoms with Crippen LogP contribution in [-0.2, 0) is 9.53 Å². The van der Waals surface area contributed by atoms with Gasteiger partial charge < -0.3 is 15.2 Å². The number of carbonyl (C=O) groups excluding carboxylic acids is 2. The maximum atomic E-state index is 12.6. The number of hydrogen-bond donors (Lipinski definition) is 3. The number of ether oxygens (including phenoxy) is 1. The third-order valence-corrected chi connectivity index (χ3v) is 6.44. The number of rotatable bonds is 8. The Hall–Kier alpha value is -4.13. The van der Waals surface area contributed by atoms with Crippen molar-refractivity contribution in [2.75, 3.05) is 18.5 Å². The molecule has 0 bridgehead atoms. The van der Waals surface area contributed by atoms with E-state index in [1.165, 1.54) is 0 Å². The van der Waals surface area contributed by atoms with Crippen LogP contribution < -0.4 is 10.6 Å². The van der Waals surface area contributed by atoms with Crippen LogP contribution in [0.25, 0.3) is 11.1 Å². The van der Waals surface area contributed by atoms with Gasteiger partial charge in [0.2, 0.25) is 0 Å². The van der Waals surface area contributed by atoms with Crippen molar-refractivity contribution in [2.45, 2.75) is 26.2 Å². The van der Waals surface area contributed by atoms with E-state index in [9.17, 15) is 14.4 Å². The molecule has 3 aromatic carbocycles. The summed E-state index contributed by atoms with van der Waals surface area (Å²) < 4.78 is 5.61. The van der Waals surface area contributed by atoms with Gasteiger partial charge in [0.15, 0.2) is 0 Å². The fourth-order valence-corrected chi connectivity index (χ4v) is 4.38. The first-order chi connectivity index (χ1) is 16.9. The van der Waals surface area contributed by atoms with Crippen molar-refractivity contribution in [2.24, 2.45) is 5.92 Å². The van der Waals surface area contributed by atoms with Crippen LogP contribution in [0, 0.1) is 12.8 Å². The molecule has 0 aromatic heterocycles. The predicted octanol–water partition coefficient (Wildman–Crippen LogP) is 5.20. The second-order valence-electron chi connectivity index (χ2n) is 8.71. The van der Waals surface area contributed by atoms with Crippen LogP contribution in [0.2, 0.25) is 0 Å². The molecule has 0 aliphatic heterocycles. The molecule has 1 aliphatic rings. The average molecular weight is 473 g/mol. The van der Waals surface area contributed by atoms with Gasteiger partial charge in [-0.3, -0.25) is 14.9 Å². The number of amides is 2. The maximum Gasteiger partial charge on any atom is 0.411 e. The number of nitrogens with one attached hydrogen (secondary N) is 2. The largest absolute Gasteiger partial charge is 0.481 e. The fourth-order valence-electron chi connectivity index (χ4n) is 4.38. The number of benzene rings is 3. The molecule has 0 saturated carbocycles. The molecular formula is C28H28N2O5. The van der Waals surface area contributed by atoms with E-state index in [0.29, 0.717) is 23.2 Å². The molecule has 180 valence electrons. The molecule has 7 heteroatoms. The van der Waals surface area contributed by atoms with Gasteiger partial charge in [-0.1, -0.05) is 61.5 Å². The summed E-state index contributed by atoms with van der Waals surface area (Å²) in [5, 5.41) is 14.5. The number of fused-ring (bicyclic) bond motifs is 3. The van der Waals surface area contributed by atoms with E-state index >= 15 is 0 Å². The SMILES string of the molecule is Cc1c(NC(=O)OCC2c3ccccc3-c3ccccc32)cccc1C(=O)NCCC(C)C(=O)O. The zero-order valence-electron chi connectivity index (χ0n) is 19.7. The Morgan fingerprint density at radius 1 is 0.943 bits per heavy atom. The normalized spacial score (nSPS) is 12.9. The zero-order valence-corrected chi connectivity index (χ0v) is 19.7. The quantitative estimate of drug-likeness (QED) is 0.418. The van der Waals surface area contributed by atoms with E-state index < -0.39 is 18.0 Å². The van der Waals surface area contributed by atoms with Crippen molar-refractivity contribution in [3.05, 3.63) is 89.0 Å². The number of anilines is 1. The minimum atomic E-state index is -0.898. The molecule has 1 unspecified atom stereocenters. The molecule has 1 aliphatic carbocycles. The summed E-state index contributed by atoms with van der Waals surface area (Å²) in [7, 11) is 0. The Kier molecular flexibility index (Phi) is 7.15. The van der Waals surface area contributed by atoms with E-state index in [2.05, 4.69) is 34.9 Å². The average Bonchev–Trinajstić information content (AvgIpc) is 3.17. The molecule has 0 spiro atoms. The van der Waals surface area contributed by atoms with Crippen LogP contribution in [0.5, 0.6) is 0 Å². The van der Waals surface area contributed by atoms with Crippen molar-refractivity contribution in [1.29, 1.82) is 0 Å². The summed E-state index contributed by atoms with van der Waals surface area (Å²) in [5.74, 6) is -1.81. The molecule has 35 heavy (non-hydrogen) atoms. The fraction of sp³-hybridized carbons (Fsp3) is 0.250. The first-order valence-electron chi connectivity index (χ1n) is 11.6. The molecule has 2 amide bonds. The molecule has 4 rings (SSSR count). The maximum absolute atomic E-state index is 12.6. The van der Waals surface area contributed by atoms with Crippen LogP contribution in [0.4, 0.5) is 10.5 Å². The highest BCUT2D eigenvalue weighted by molar-refractivity contribution is 5.98. The number of aliphatic carboxylic acids is 1. The van der Waals surface area contributed by atoms with Gasteiger partial charge in [-0.2, -0.15) is 0 Å². The summed E-state index contributed by atoms with van der Waals surface area (Å²) >= 11 is 0. The van der Waals surface area contributed by atoms with Gasteiger partial charge in [0.25, 0.3) is 5.91 Å². The molecule has 3 aromatic rings. The first kappa shape index (κ1) is 24.0. The lowest BCUT2D eigenvalue weighted by Gasteiger charge is -2.16. The van der Waals surface area contributed by atoms with Gasteiger partial charge in [0.1, 0.15) is 6.61 Å². The van der Waals surface area contributed by atoms with Crippen LogP contribution in [0.1, 0.15) is 46.3 Å². The summed E-state index contributed by atoms with van der Waals surface area (Å²) in [6.45, 7) is 3.78. The van der Waals surface area contributed by atoms with Crippen molar-refractivity contribution >= 4 is 23.7 Å². The molecule has 7 nitrogen and oxygen atoms in total. The number of hydrogen-bond acceptors (Lipinski definition) is 4. The third-order valence-electron chi connectivity index (χ3n) is 6.44. The minimum absolute atomic E-state index is 0.0421. The number of carbonyl (C=O) groups is 3. The Morgan fingerprint density at radius 3 is 2.20 bits per heavy atom. The number of carboxylic acid groups (broad SMARTS) is 1. The summed E-state index contributed by atoms with van der Waals surface area (Å²) in [5.41, 5.74) is 6.07. The highest BCUT2D eigenvalue weighted by Crippen LogP contribution is 2.44. The van der Waals surface area contributed by atoms with Gasteiger partial charge in [0, 0.05) is 23.7 Å². The molecule has 3 N–H and O–H groups in total. The second kappa shape index (κ2) is 10.4. The highest BCUT2D eigenvalue weighted by Gasteiger charge is 2.29. The zero-order chi connectivity index (χ0) is 24.9. The lowest BCUT2D eigenvalue weighted by Crippen LogP contribution is -2.28. The van der Waals surface area contributed by atoms with Gasteiger partial charge in [-0.25, -0.2) is 4.79 Å². The molecule has 0 saturated heterocycles. The molecule has 1 atom stereocenters. The Balaban J connectivity index is 1.39. The minimum Gasteiger partial charge on any atom is -0.481 e. The van der Waals surface area contributed by atoms with Crippen LogP contribution in [0.3, 0.4) is 0 Å². The topological polar surface area (TPSA) is 105 Å². The van der Waals surface area contributed by atoms with Crippen molar-refractivity contribution in [3.63, 3.8) is 0 Å². The molecular weight excluding hydrogens is 444 g/mol. The lowest BCUT2D eigenvalue weighted by molar-refractivity contribution is -0.141. The summed E-state index contributed by atoms with van der Waals surface area (Å²) in [6.07, 6.45) is -0.263. The van der Waals surface area contributed by atoms with Gasteiger partial charge in [0.05, 0.1) is 5.92 Å². The van der Waals surface area contributed by atoms with Gasteiger partial charge >= 0.3 is 12.1 Å². The predicted molar refractivity (Wildman–Crippen MR) is 134 cm³/mol. The molecule has 0 radical (unpaired) electrons. The third kappa shape index (κ3) is 5.19. The standard InChI is InChI=1S/C28H28N2O5/c1-17(27(32)33)14-15-29-26(31)19-12-7-13-25(18(19)2)30-28(34)35-16-24-22-10-5-3-8-20(22)21-9-4-6-11-23(21)24/h3-13,17,24H,14-16H2,1-2H3,(H,29,31)(H,30,34)(H,32,33). The summed E-state index contributed by atoms with van der Waals surface area (Å²) in [6, 6.07) is 21.3. The van der Waals surface area contributed by atoms with E-state index in [0.717, 1.165) is 22.3 Å². The molecule has 0 heterocycles. The Morgan fingerprint density at radius 2 is 1.57 bits per heavy atom. The van der Waals surface area contributed by atoms with E-state index in [4.69, 9.17) is 9.84 Å². The number of carboxylic acids is 1. The van der Waals surface area contributed by atoms with E-state index in [1.807, 2.05) is 24.3 Å². The highest BCUT2D eigenvalue weighted by atomic mass is 16.5. The van der Waals surface area contributed by atoms with Crippen molar-refractivity contribution < 1.29 is 24.2 Å². The van der Waals surface area contributed by atoms with Crippen LogP contribution >= 0.6 is 0 Å². The van der Waals surface area contributed by atoms with Crippen LogP contribution in [0.15, 0.2) is 66.7 Å². The summed E-state index contributed by atoms with van der Waals surface area (Å²) in [4.78, 5) is 36.2. The Labute approximate surface area is 204 Å². The van der Waals surface area contributed by atoms with Crippen LogP contribution in [-0.4, -0.2) is 36.2 Å². The monoisotopic (exact) mass is 472 g/mol. The first-order valence-corrected chi connectivity index (χ1v) is 11.6. The van der Waals surface area contributed by atoms with E-state index in [-0.39, 0.29) is 25.0 Å². The second-order valence-corrected chi connectivity index (χ2v) is 8.71. The van der Waals surface area contributed by atoms with E-state index in [1.54, 1.807) is 32.0 Å². The van der Waals surface area contributed by atoms with Crippen molar-refractivity contribution in [1.82, 2.24) is 5.32 Å². The molecule has 0 fully saturated rings.